The Morgan fingerprint density at radius 3 is 2.60 bits per heavy atom. The van der Waals surface area contributed by atoms with Gasteiger partial charge in [-0.3, -0.25) is 4.79 Å². The number of aromatic nitrogens is 2. The van der Waals surface area contributed by atoms with Crippen molar-refractivity contribution in [2.24, 2.45) is 0 Å². The van der Waals surface area contributed by atoms with Gasteiger partial charge >= 0.3 is 6.18 Å². The van der Waals surface area contributed by atoms with Crippen LogP contribution in [0.1, 0.15) is 53.2 Å². The first-order chi connectivity index (χ1) is 11.8. The lowest BCUT2D eigenvalue weighted by Crippen LogP contribution is -2.36. The molecule has 1 aliphatic carbocycles. The Balaban J connectivity index is 1.92. The Morgan fingerprint density at radius 1 is 1.28 bits per heavy atom. The van der Waals surface area contributed by atoms with Crippen LogP contribution >= 0.6 is 0 Å². The SMILES string of the molecule is Cc1nccc(C(=O)N(C2CC2)[C@@H](C)c2cccc(C(F)(F)F)c2)n1. The van der Waals surface area contributed by atoms with Crippen LogP contribution in [0.2, 0.25) is 0 Å². The molecule has 1 aliphatic rings. The third-order valence-electron chi connectivity index (χ3n) is 4.28. The summed E-state index contributed by atoms with van der Waals surface area (Å²) < 4.78 is 38.9. The van der Waals surface area contributed by atoms with Gasteiger partial charge in [0.15, 0.2) is 0 Å². The van der Waals surface area contributed by atoms with Crippen LogP contribution in [0.5, 0.6) is 0 Å². The fourth-order valence-corrected chi connectivity index (χ4v) is 2.85. The molecule has 0 N–H and O–H groups in total. The molecule has 0 aliphatic heterocycles. The fourth-order valence-electron chi connectivity index (χ4n) is 2.85. The summed E-state index contributed by atoms with van der Waals surface area (Å²) in [4.78, 5) is 22.7. The number of rotatable bonds is 4. The minimum absolute atomic E-state index is 0.0346. The first kappa shape index (κ1) is 17.4. The maximum Gasteiger partial charge on any atom is 0.416 e. The third-order valence-corrected chi connectivity index (χ3v) is 4.28. The van der Waals surface area contributed by atoms with Gasteiger partial charge in [-0.05, 0) is 50.5 Å². The number of nitrogens with zero attached hydrogens (tertiary/aromatic N) is 3. The molecule has 1 aromatic heterocycles. The molecular weight excluding hydrogens is 331 g/mol. The molecule has 0 spiro atoms. The van der Waals surface area contributed by atoms with Crippen LogP contribution in [0, 0.1) is 6.92 Å². The van der Waals surface area contributed by atoms with E-state index in [1.807, 2.05) is 0 Å². The fraction of sp³-hybridized carbons (Fsp3) is 0.389. The second-order valence-corrected chi connectivity index (χ2v) is 6.23. The molecule has 132 valence electrons. The molecule has 1 heterocycles. The topological polar surface area (TPSA) is 46.1 Å². The molecule has 2 aromatic rings. The summed E-state index contributed by atoms with van der Waals surface area (Å²) in [5, 5.41) is 0. The van der Waals surface area contributed by atoms with Crippen LogP contribution in [-0.2, 0) is 6.18 Å². The summed E-state index contributed by atoms with van der Waals surface area (Å²) in [5.74, 6) is 0.200. The van der Waals surface area contributed by atoms with E-state index < -0.39 is 17.8 Å². The molecule has 1 saturated carbocycles. The van der Waals surface area contributed by atoms with Gasteiger partial charge in [-0.25, -0.2) is 9.97 Å². The maximum absolute atomic E-state index is 13.0. The van der Waals surface area contributed by atoms with E-state index >= 15 is 0 Å². The van der Waals surface area contributed by atoms with Gasteiger partial charge in [0.25, 0.3) is 5.91 Å². The number of carbonyl (C=O) groups is 1. The highest BCUT2D eigenvalue weighted by atomic mass is 19.4. The van der Waals surface area contributed by atoms with Crippen molar-refractivity contribution in [2.45, 2.75) is 44.9 Å². The number of alkyl halides is 3. The number of carbonyl (C=O) groups excluding carboxylic acids is 1. The summed E-state index contributed by atoms with van der Waals surface area (Å²) >= 11 is 0. The molecule has 0 saturated heterocycles. The zero-order valence-electron chi connectivity index (χ0n) is 13.9. The van der Waals surface area contributed by atoms with Gasteiger partial charge in [-0.15, -0.1) is 0 Å². The minimum atomic E-state index is -4.41. The predicted molar refractivity (Wildman–Crippen MR) is 85.8 cm³/mol. The molecule has 0 unspecified atom stereocenters. The summed E-state index contributed by atoms with van der Waals surface area (Å²) in [7, 11) is 0. The zero-order chi connectivity index (χ0) is 18.2. The van der Waals surface area contributed by atoms with Crippen molar-refractivity contribution in [2.75, 3.05) is 0 Å². The van der Waals surface area contributed by atoms with Gasteiger partial charge < -0.3 is 4.90 Å². The van der Waals surface area contributed by atoms with Gasteiger partial charge in [0.2, 0.25) is 0 Å². The van der Waals surface area contributed by atoms with Gasteiger partial charge in [0.05, 0.1) is 11.6 Å². The lowest BCUT2D eigenvalue weighted by atomic mass is 10.0. The summed E-state index contributed by atoms with van der Waals surface area (Å²) in [6.45, 7) is 3.44. The standard InChI is InChI=1S/C18H18F3N3O/c1-11(13-4-3-5-14(10-13)18(19,20)21)24(15-6-7-15)17(25)16-8-9-22-12(2)23-16/h3-5,8-11,15H,6-7H2,1-2H3/t11-/m0/s1. The second-order valence-electron chi connectivity index (χ2n) is 6.23. The Morgan fingerprint density at radius 2 is 2.00 bits per heavy atom. The van der Waals surface area contributed by atoms with E-state index in [0.717, 1.165) is 25.0 Å². The summed E-state index contributed by atoms with van der Waals surface area (Å²) in [6, 6.07) is 6.23. The quantitative estimate of drug-likeness (QED) is 0.832. The highest BCUT2D eigenvalue weighted by molar-refractivity contribution is 5.93. The van der Waals surface area contributed by atoms with E-state index in [0.29, 0.717) is 11.4 Å². The number of hydrogen-bond donors (Lipinski definition) is 0. The minimum Gasteiger partial charge on any atom is -0.328 e. The smallest absolute Gasteiger partial charge is 0.328 e. The van der Waals surface area contributed by atoms with Crippen LogP contribution in [0.25, 0.3) is 0 Å². The molecule has 3 rings (SSSR count). The maximum atomic E-state index is 13.0. The highest BCUT2D eigenvalue weighted by Gasteiger charge is 2.38. The number of hydrogen-bond acceptors (Lipinski definition) is 3. The van der Waals surface area contributed by atoms with Crippen LogP contribution < -0.4 is 0 Å². The van der Waals surface area contributed by atoms with Crippen molar-refractivity contribution in [1.29, 1.82) is 0 Å². The largest absolute Gasteiger partial charge is 0.416 e. The summed E-state index contributed by atoms with van der Waals surface area (Å²) in [6.07, 6.45) is -1.21. The van der Waals surface area contributed by atoms with Gasteiger partial charge in [-0.2, -0.15) is 13.2 Å². The molecule has 4 nitrogen and oxygen atoms in total. The molecule has 25 heavy (non-hydrogen) atoms. The molecule has 1 amide bonds. The Kier molecular flexibility index (Phi) is 4.49. The molecule has 7 heteroatoms. The Hall–Kier alpha value is -2.44. The van der Waals surface area contributed by atoms with Crippen LogP contribution in [0.4, 0.5) is 13.2 Å². The van der Waals surface area contributed by atoms with E-state index in [9.17, 15) is 18.0 Å². The van der Waals surface area contributed by atoms with E-state index in [2.05, 4.69) is 9.97 Å². The number of aryl methyl sites for hydroxylation is 1. The lowest BCUT2D eigenvalue weighted by Gasteiger charge is -2.30. The van der Waals surface area contributed by atoms with Crippen molar-refractivity contribution in [3.63, 3.8) is 0 Å². The second kappa shape index (κ2) is 6.46. The number of benzene rings is 1. The highest BCUT2D eigenvalue weighted by Crippen LogP contribution is 2.37. The first-order valence-electron chi connectivity index (χ1n) is 8.07. The van der Waals surface area contributed by atoms with E-state index in [-0.39, 0.29) is 17.6 Å². The summed E-state index contributed by atoms with van der Waals surface area (Å²) in [5.41, 5.74) is 0.0111. The van der Waals surface area contributed by atoms with Crippen LogP contribution in [0.3, 0.4) is 0 Å². The first-order valence-corrected chi connectivity index (χ1v) is 8.07. The molecule has 1 atom stereocenters. The third kappa shape index (κ3) is 3.81. The Labute approximate surface area is 143 Å². The molecule has 0 radical (unpaired) electrons. The van der Waals surface area contributed by atoms with Crippen molar-refractivity contribution < 1.29 is 18.0 Å². The Bertz CT molecular complexity index is 787. The van der Waals surface area contributed by atoms with Gasteiger partial charge in [0.1, 0.15) is 11.5 Å². The number of amides is 1. The zero-order valence-corrected chi connectivity index (χ0v) is 13.9. The lowest BCUT2D eigenvalue weighted by molar-refractivity contribution is -0.137. The normalized spacial score (nSPS) is 15.7. The van der Waals surface area contributed by atoms with E-state index in [1.54, 1.807) is 24.8 Å². The average molecular weight is 349 g/mol. The number of halogens is 3. The van der Waals surface area contributed by atoms with Crippen molar-refractivity contribution in [3.8, 4) is 0 Å². The van der Waals surface area contributed by atoms with E-state index in [4.69, 9.17) is 0 Å². The van der Waals surface area contributed by atoms with Crippen LogP contribution in [0.15, 0.2) is 36.5 Å². The van der Waals surface area contributed by atoms with Gasteiger partial charge in [-0.1, -0.05) is 12.1 Å². The molecular formula is C18H18F3N3O. The van der Waals surface area contributed by atoms with Gasteiger partial charge in [0, 0.05) is 12.2 Å². The average Bonchev–Trinajstić information content (AvgIpc) is 3.39. The molecule has 1 aromatic carbocycles. The van der Waals surface area contributed by atoms with Crippen molar-refractivity contribution in [1.82, 2.24) is 14.9 Å². The van der Waals surface area contributed by atoms with Crippen molar-refractivity contribution in [3.05, 3.63) is 59.2 Å². The predicted octanol–water partition coefficient (Wildman–Crippen LogP) is 4.17. The van der Waals surface area contributed by atoms with Crippen LogP contribution in [-0.4, -0.2) is 26.8 Å². The van der Waals surface area contributed by atoms with E-state index in [1.165, 1.54) is 18.3 Å². The monoisotopic (exact) mass is 349 g/mol. The molecule has 1 fully saturated rings. The van der Waals surface area contributed by atoms with Crippen molar-refractivity contribution >= 4 is 5.91 Å². The molecule has 0 bridgehead atoms.